The first-order valence-electron chi connectivity index (χ1n) is 9.98. The van der Waals surface area contributed by atoms with Gasteiger partial charge >= 0.3 is 0 Å². The van der Waals surface area contributed by atoms with Crippen molar-refractivity contribution in [3.8, 4) is 5.88 Å². The van der Waals surface area contributed by atoms with E-state index < -0.39 is 0 Å². The van der Waals surface area contributed by atoms with E-state index in [9.17, 15) is 0 Å². The maximum atomic E-state index is 6.46. The summed E-state index contributed by atoms with van der Waals surface area (Å²) in [6.45, 7) is 9.60. The van der Waals surface area contributed by atoms with Crippen LogP contribution in [0.4, 0.5) is 11.5 Å². The molecule has 3 heterocycles. The quantitative estimate of drug-likeness (QED) is 0.710. The Morgan fingerprint density at radius 3 is 2.58 bits per heavy atom. The molecule has 0 aromatic carbocycles. The number of ether oxygens (including phenoxy) is 1. The lowest BCUT2D eigenvalue weighted by atomic mass is 10.1. The van der Waals surface area contributed by atoms with Gasteiger partial charge in [0.2, 0.25) is 5.88 Å². The Labute approximate surface area is 157 Å². The molecule has 26 heavy (non-hydrogen) atoms. The predicted molar refractivity (Wildman–Crippen MR) is 106 cm³/mol. The molecule has 0 bridgehead atoms. The average Bonchev–Trinajstić information content (AvgIpc) is 2.91. The summed E-state index contributed by atoms with van der Waals surface area (Å²) in [6.07, 6.45) is 8.87. The smallest absolute Gasteiger partial charge is 0.217 e. The van der Waals surface area contributed by atoms with Gasteiger partial charge < -0.3 is 9.64 Å². The maximum absolute atomic E-state index is 6.46. The molecule has 0 atom stereocenters. The first-order chi connectivity index (χ1) is 12.5. The lowest BCUT2D eigenvalue weighted by Gasteiger charge is -2.29. The van der Waals surface area contributed by atoms with Crippen molar-refractivity contribution in [3.63, 3.8) is 0 Å². The standard InChI is InChI=1S/C21H32N4O/c1-6-9-17(10-7-2)26-21-18-11-8-12-25(20(18)23-24(21)5)19-14-22-16(4)13-15(19)3/h13-14,17H,6-12H2,1-5H3. The van der Waals surface area contributed by atoms with Gasteiger partial charge in [-0.05, 0) is 51.2 Å². The van der Waals surface area contributed by atoms with Crippen LogP contribution in [0, 0.1) is 13.8 Å². The fourth-order valence-electron chi connectivity index (χ4n) is 3.91. The van der Waals surface area contributed by atoms with Crippen molar-refractivity contribution >= 4 is 11.5 Å². The number of hydrogen-bond donors (Lipinski definition) is 0. The number of hydrogen-bond acceptors (Lipinski definition) is 4. The van der Waals surface area contributed by atoms with Gasteiger partial charge in [0.05, 0.1) is 17.4 Å². The van der Waals surface area contributed by atoms with Gasteiger partial charge in [0, 0.05) is 19.3 Å². The van der Waals surface area contributed by atoms with E-state index in [-0.39, 0.29) is 6.10 Å². The van der Waals surface area contributed by atoms with Crippen LogP contribution >= 0.6 is 0 Å². The minimum absolute atomic E-state index is 0.280. The molecule has 0 aliphatic carbocycles. The van der Waals surface area contributed by atoms with Crippen molar-refractivity contribution in [1.29, 1.82) is 0 Å². The van der Waals surface area contributed by atoms with Crippen molar-refractivity contribution in [3.05, 3.63) is 29.1 Å². The number of rotatable bonds is 7. The monoisotopic (exact) mass is 356 g/mol. The molecule has 0 spiro atoms. The third-order valence-electron chi connectivity index (χ3n) is 5.14. The fraction of sp³-hybridized carbons (Fsp3) is 0.619. The highest BCUT2D eigenvalue weighted by molar-refractivity contribution is 5.68. The summed E-state index contributed by atoms with van der Waals surface area (Å²) in [4.78, 5) is 6.81. The van der Waals surface area contributed by atoms with Crippen LogP contribution in [-0.4, -0.2) is 27.4 Å². The van der Waals surface area contributed by atoms with E-state index in [2.05, 4.69) is 36.7 Å². The molecule has 1 aliphatic rings. The molecule has 0 radical (unpaired) electrons. The van der Waals surface area contributed by atoms with Gasteiger partial charge in [0.15, 0.2) is 5.82 Å². The average molecular weight is 357 g/mol. The Kier molecular flexibility index (Phi) is 5.84. The van der Waals surface area contributed by atoms with E-state index in [1.807, 2.05) is 24.9 Å². The zero-order valence-electron chi connectivity index (χ0n) is 16.9. The number of aryl methyl sites for hydroxylation is 3. The van der Waals surface area contributed by atoms with E-state index in [1.54, 1.807) is 0 Å². The Hall–Kier alpha value is -2.04. The third-order valence-corrected chi connectivity index (χ3v) is 5.14. The first kappa shape index (κ1) is 18.7. The van der Waals surface area contributed by atoms with Gasteiger partial charge in [-0.25, -0.2) is 4.68 Å². The number of aromatic nitrogens is 3. The van der Waals surface area contributed by atoms with Crippen molar-refractivity contribution in [1.82, 2.24) is 14.8 Å². The van der Waals surface area contributed by atoms with E-state index in [4.69, 9.17) is 9.84 Å². The van der Waals surface area contributed by atoms with Crippen LogP contribution < -0.4 is 9.64 Å². The second kappa shape index (κ2) is 8.11. The molecule has 3 rings (SSSR count). The molecule has 5 heteroatoms. The molecule has 1 aliphatic heterocycles. The number of fused-ring (bicyclic) bond motifs is 1. The molecule has 0 fully saturated rings. The van der Waals surface area contributed by atoms with Crippen LogP contribution in [-0.2, 0) is 13.5 Å². The van der Waals surface area contributed by atoms with Crippen molar-refractivity contribution < 1.29 is 4.74 Å². The van der Waals surface area contributed by atoms with Crippen LogP contribution in [0.1, 0.15) is 62.8 Å². The van der Waals surface area contributed by atoms with Crippen molar-refractivity contribution in [2.45, 2.75) is 72.3 Å². The Balaban J connectivity index is 1.94. The Bertz CT molecular complexity index is 747. The van der Waals surface area contributed by atoms with Gasteiger partial charge in [-0.2, -0.15) is 5.10 Å². The molecule has 2 aromatic rings. The zero-order valence-corrected chi connectivity index (χ0v) is 16.9. The molecular formula is C21H32N4O. The van der Waals surface area contributed by atoms with E-state index in [0.29, 0.717) is 0 Å². The molecule has 5 nitrogen and oxygen atoms in total. The largest absolute Gasteiger partial charge is 0.474 e. The Morgan fingerprint density at radius 2 is 1.92 bits per heavy atom. The van der Waals surface area contributed by atoms with Gasteiger partial charge in [-0.3, -0.25) is 4.98 Å². The highest BCUT2D eigenvalue weighted by Gasteiger charge is 2.29. The molecule has 2 aromatic heterocycles. The zero-order chi connectivity index (χ0) is 18.7. The predicted octanol–water partition coefficient (Wildman–Crippen LogP) is 4.86. The van der Waals surface area contributed by atoms with Crippen molar-refractivity contribution in [2.75, 3.05) is 11.4 Å². The second-order valence-corrected chi connectivity index (χ2v) is 7.42. The van der Waals surface area contributed by atoms with Gasteiger partial charge in [0.25, 0.3) is 0 Å². The molecule has 0 saturated heterocycles. The molecule has 0 unspecified atom stereocenters. The summed E-state index contributed by atoms with van der Waals surface area (Å²) in [6, 6.07) is 2.14. The summed E-state index contributed by atoms with van der Waals surface area (Å²) in [5.41, 5.74) is 4.69. The molecule has 0 N–H and O–H groups in total. The van der Waals surface area contributed by atoms with Crippen molar-refractivity contribution in [2.24, 2.45) is 7.05 Å². The highest BCUT2D eigenvalue weighted by Crippen LogP contribution is 2.39. The van der Waals surface area contributed by atoms with Gasteiger partial charge in [-0.1, -0.05) is 26.7 Å². The number of nitrogens with zero attached hydrogens (tertiary/aromatic N) is 4. The maximum Gasteiger partial charge on any atom is 0.217 e. The number of pyridine rings is 1. The first-order valence-corrected chi connectivity index (χ1v) is 9.98. The second-order valence-electron chi connectivity index (χ2n) is 7.42. The lowest BCUT2D eigenvalue weighted by molar-refractivity contribution is 0.162. The SMILES string of the molecule is CCCC(CCC)Oc1c2c(nn1C)N(c1cnc(C)cc1C)CCC2. The summed E-state index contributed by atoms with van der Waals surface area (Å²) >= 11 is 0. The summed E-state index contributed by atoms with van der Waals surface area (Å²) in [5, 5.41) is 4.84. The topological polar surface area (TPSA) is 43.2 Å². The van der Waals surface area contributed by atoms with Crippen LogP contribution in [0.2, 0.25) is 0 Å². The van der Waals surface area contributed by atoms with Crippen LogP contribution in [0.5, 0.6) is 5.88 Å². The summed E-state index contributed by atoms with van der Waals surface area (Å²) in [5.74, 6) is 1.99. The van der Waals surface area contributed by atoms with E-state index >= 15 is 0 Å². The van der Waals surface area contributed by atoms with Crippen LogP contribution in [0.25, 0.3) is 0 Å². The van der Waals surface area contributed by atoms with Crippen LogP contribution in [0.3, 0.4) is 0 Å². The minimum Gasteiger partial charge on any atom is -0.474 e. The van der Waals surface area contributed by atoms with Gasteiger partial charge in [0.1, 0.15) is 6.10 Å². The van der Waals surface area contributed by atoms with Crippen LogP contribution in [0.15, 0.2) is 12.3 Å². The minimum atomic E-state index is 0.280. The normalized spacial score (nSPS) is 14.0. The van der Waals surface area contributed by atoms with E-state index in [1.165, 1.54) is 11.1 Å². The highest BCUT2D eigenvalue weighted by atomic mass is 16.5. The molecule has 0 amide bonds. The summed E-state index contributed by atoms with van der Waals surface area (Å²) < 4.78 is 8.39. The fourth-order valence-corrected chi connectivity index (χ4v) is 3.91. The van der Waals surface area contributed by atoms with E-state index in [0.717, 1.165) is 68.1 Å². The molecular weight excluding hydrogens is 324 g/mol. The third kappa shape index (κ3) is 3.71. The Morgan fingerprint density at radius 1 is 1.19 bits per heavy atom. The van der Waals surface area contributed by atoms with Gasteiger partial charge in [-0.15, -0.1) is 0 Å². The molecule has 142 valence electrons. The summed E-state index contributed by atoms with van der Waals surface area (Å²) in [7, 11) is 2.00. The number of anilines is 2. The lowest BCUT2D eigenvalue weighted by Crippen LogP contribution is -2.25. The molecule has 0 saturated carbocycles.